The molecule has 0 amide bonds. The van der Waals surface area contributed by atoms with E-state index >= 15 is 0 Å². The molecule has 0 atom stereocenters. The van der Waals surface area contributed by atoms with E-state index in [0.29, 0.717) is 6.42 Å². The van der Waals surface area contributed by atoms with Crippen LogP contribution in [0.4, 0.5) is 0 Å². The molecule has 0 aromatic heterocycles. The Hall–Kier alpha value is 1.51. The van der Waals surface area contributed by atoms with Crippen LogP contribution < -0.4 is 0 Å². The molecule has 0 heterocycles. The molecule has 0 fully saturated rings. The third-order valence-electron chi connectivity index (χ3n) is 0.436. The Morgan fingerprint density at radius 1 is 1.56 bits per heavy atom. The third kappa shape index (κ3) is 12.7. The molecule has 0 aliphatic carbocycles. The van der Waals surface area contributed by atoms with Gasteiger partial charge in [0.25, 0.3) is 0 Å². The van der Waals surface area contributed by atoms with Crippen molar-refractivity contribution in [3.63, 3.8) is 0 Å². The third-order valence-corrected chi connectivity index (χ3v) is 0.901. The predicted octanol–water partition coefficient (Wildman–Crippen LogP) is -0.165. The molecular formula is C3H8KO4S. The first-order chi connectivity index (χ1) is 3.56. The molecule has 51 valence electrons. The fourth-order valence-corrected chi connectivity index (χ4v) is 0.566. The second-order valence-corrected chi connectivity index (χ2v) is 2.34. The van der Waals surface area contributed by atoms with Gasteiger partial charge < -0.3 is 0 Å². The normalized spacial score (nSPS) is 10.4. The molecule has 0 aromatic carbocycles. The van der Waals surface area contributed by atoms with Crippen LogP contribution in [0.5, 0.6) is 0 Å². The zero-order valence-electron chi connectivity index (χ0n) is 5.49. The van der Waals surface area contributed by atoms with Crippen LogP contribution in [0.3, 0.4) is 0 Å². The molecule has 4 nitrogen and oxygen atoms in total. The van der Waals surface area contributed by atoms with Gasteiger partial charge in [-0.3, -0.25) is 4.55 Å². The zero-order chi connectivity index (χ0) is 6.62. The van der Waals surface area contributed by atoms with E-state index in [-0.39, 0.29) is 58.0 Å². The molecule has 0 rings (SSSR count). The van der Waals surface area contributed by atoms with Gasteiger partial charge in [0.05, 0.1) is 6.61 Å². The molecule has 0 spiro atoms. The maximum atomic E-state index is 9.72. The minimum absolute atomic E-state index is 0. The van der Waals surface area contributed by atoms with Gasteiger partial charge in [-0.05, 0) is 6.42 Å². The number of hydrogen-bond donors (Lipinski definition) is 1. The van der Waals surface area contributed by atoms with Gasteiger partial charge in [0.15, 0.2) is 0 Å². The van der Waals surface area contributed by atoms with Gasteiger partial charge >= 0.3 is 10.4 Å². The minimum atomic E-state index is -4.19. The maximum Gasteiger partial charge on any atom is 0.397 e. The summed E-state index contributed by atoms with van der Waals surface area (Å²) in [6.45, 7) is 1.78. The summed E-state index contributed by atoms with van der Waals surface area (Å²) in [6.07, 6.45) is 0.569. The average Bonchev–Trinajstić information content (AvgIpc) is 1.59. The van der Waals surface area contributed by atoms with Crippen molar-refractivity contribution >= 4 is 61.8 Å². The first kappa shape index (κ1) is 13.1. The molecule has 1 radical (unpaired) electrons. The second-order valence-electron chi connectivity index (χ2n) is 1.25. The van der Waals surface area contributed by atoms with E-state index in [1.54, 1.807) is 6.92 Å². The molecule has 0 aliphatic heterocycles. The van der Waals surface area contributed by atoms with Crippen LogP contribution in [0.25, 0.3) is 0 Å². The molecule has 6 heteroatoms. The van der Waals surface area contributed by atoms with Gasteiger partial charge in [-0.1, -0.05) is 6.92 Å². The van der Waals surface area contributed by atoms with E-state index in [9.17, 15) is 8.42 Å². The summed E-state index contributed by atoms with van der Waals surface area (Å²) in [5, 5.41) is 0. The summed E-state index contributed by atoms with van der Waals surface area (Å²) >= 11 is 0. The summed E-state index contributed by atoms with van der Waals surface area (Å²) in [5.74, 6) is 0. The standard InChI is InChI=1S/C3H8O4S.K/c1-2-3-7-8(4,5)6;/h2-3H2,1H3,(H,4,5,6);. The van der Waals surface area contributed by atoms with Crippen LogP contribution in [0.2, 0.25) is 0 Å². The van der Waals surface area contributed by atoms with Gasteiger partial charge in [0.1, 0.15) is 0 Å². The molecule has 0 unspecified atom stereocenters. The Labute approximate surface area is 97.3 Å². The van der Waals surface area contributed by atoms with Gasteiger partial charge in [0, 0.05) is 51.4 Å². The smallest absolute Gasteiger partial charge is 0.264 e. The van der Waals surface area contributed by atoms with E-state index in [4.69, 9.17) is 4.55 Å². The van der Waals surface area contributed by atoms with Crippen molar-refractivity contribution in [2.45, 2.75) is 13.3 Å². The van der Waals surface area contributed by atoms with E-state index in [0.717, 1.165) is 0 Å². The van der Waals surface area contributed by atoms with Crippen LogP contribution in [0.1, 0.15) is 13.3 Å². The van der Waals surface area contributed by atoms with Crippen LogP contribution in [0, 0.1) is 0 Å². The number of rotatable bonds is 3. The molecule has 9 heavy (non-hydrogen) atoms. The molecule has 0 bridgehead atoms. The Bertz CT molecular complexity index is 140. The minimum Gasteiger partial charge on any atom is -0.264 e. The van der Waals surface area contributed by atoms with Gasteiger partial charge in [-0.25, -0.2) is 4.18 Å². The molecule has 0 aromatic rings. The van der Waals surface area contributed by atoms with Crippen molar-refractivity contribution in [2.24, 2.45) is 0 Å². The Morgan fingerprint density at radius 2 is 2.00 bits per heavy atom. The Kier molecular flexibility index (Phi) is 9.09. The number of hydrogen-bond acceptors (Lipinski definition) is 3. The van der Waals surface area contributed by atoms with Crippen molar-refractivity contribution in [3.8, 4) is 0 Å². The monoisotopic (exact) mass is 179 g/mol. The van der Waals surface area contributed by atoms with Crippen molar-refractivity contribution in [3.05, 3.63) is 0 Å². The summed E-state index contributed by atoms with van der Waals surface area (Å²) < 4.78 is 31.3. The van der Waals surface area contributed by atoms with Crippen molar-refractivity contribution in [1.29, 1.82) is 0 Å². The maximum absolute atomic E-state index is 9.72. The summed E-state index contributed by atoms with van der Waals surface area (Å²) in [5.41, 5.74) is 0. The topological polar surface area (TPSA) is 63.6 Å². The van der Waals surface area contributed by atoms with E-state index in [1.807, 2.05) is 0 Å². The van der Waals surface area contributed by atoms with E-state index in [1.165, 1.54) is 0 Å². The molecular weight excluding hydrogens is 171 g/mol. The molecule has 1 N–H and O–H groups in total. The Balaban J connectivity index is 0. The molecule has 0 saturated carbocycles. The Morgan fingerprint density at radius 3 is 2.11 bits per heavy atom. The molecule has 0 aliphatic rings. The van der Waals surface area contributed by atoms with Gasteiger partial charge in [-0.15, -0.1) is 0 Å². The van der Waals surface area contributed by atoms with Gasteiger partial charge in [0.2, 0.25) is 0 Å². The first-order valence-electron chi connectivity index (χ1n) is 2.18. The summed E-state index contributed by atoms with van der Waals surface area (Å²) in [6, 6.07) is 0. The second kappa shape index (κ2) is 6.23. The fourth-order valence-electron chi connectivity index (χ4n) is 0.189. The summed E-state index contributed by atoms with van der Waals surface area (Å²) in [7, 11) is -4.19. The summed E-state index contributed by atoms with van der Waals surface area (Å²) in [4.78, 5) is 0. The fraction of sp³-hybridized carbons (Fsp3) is 1.00. The SMILES string of the molecule is CCCOS(=O)(=O)O.[K]. The van der Waals surface area contributed by atoms with Crippen LogP contribution in [0.15, 0.2) is 0 Å². The first-order valence-corrected chi connectivity index (χ1v) is 3.54. The zero-order valence-corrected chi connectivity index (χ0v) is 9.43. The largest absolute Gasteiger partial charge is 0.397 e. The van der Waals surface area contributed by atoms with E-state index in [2.05, 4.69) is 4.18 Å². The molecule has 0 saturated heterocycles. The average molecular weight is 179 g/mol. The van der Waals surface area contributed by atoms with Crippen LogP contribution >= 0.6 is 0 Å². The van der Waals surface area contributed by atoms with Crippen molar-refractivity contribution in [1.82, 2.24) is 0 Å². The van der Waals surface area contributed by atoms with E-state index < -0.39 is 10.4 Å². The quantitative estimate of drug-likeness (QED) is 0.483. The van der Waals surface area contributed by atoms with Crippen LogP contribution in [-0.4, -0.2) is 71.0 Å². The van der Waals surface area contributed by atoms with Crippen molar-refractivity contribution < 1.29 is 17.2 Å². The van der Waals surface area contributed by atoms with Gasteiger partial charge in [-0.2, -0.15) is 8.42 Å². The van der Waals surface area contributed by atoms with Crippen LogP contribution in [-0.2, 0) is 14.6 Å². The predicted molar refractivity (Wildman–Crippen MR) is 33.5 cm³/mol. The van der Waals surface area contributed by atoms with Crippen molar-refractivity contribution in [2.75, 3.05) is 6.61 Å².